The van der Waals surface area contributed by atoms with Crippen molar-refractivity contribution in [1.82, 2.24) is 10.2 Å². The van der Waals surface area contributed by atoms with Crippen LogP contribution in [-0.4, -0.2) is 36.5 Å². The van der Waals surface area contributed by atoms with Gasteiger partial charge in [-0.2, -0.15) is 0 Å². The SMILES string of the molecule is COC(=O)C1=C(NC(C)(C)C)N(C)C(=C=O)C=C1. The summed E-state index contributed by atoms with van der Waals surface area (Å²) in [4.78, 5) is 24.1. The van der Waals surface area contributed by atoms with E-state index in [1.807, 2.05) is 26.7 Å². The molecule has 1 aliphatic rings. The molecule has 0 fully saturated rings. The van der Waals surface area contributed by atoms with Crippen molar-refractivity contribution >= 4 is 11.9 Å². The molecule has 5 nitrogen and oxygen atoms in total. The summed E-state index contributed by atoms with van der Waals surface area (Å²) in [5.74, 6) is 1.91. The van der Waals surface area contributed by atoms with Crippen molar-refractivity contribution in [3.05, 3.63) is 29.2 Å². The van der Waals surface area contributed by atoms with E-state index in [0.717, 1.165) is 0 Å². The molecule has 0 amide bonds. The van der Waals surface area contributed by atoms with Crippen LogP contribution in [0.1, 0.15) is 20.8 Å². The summed E-state index contributed by atoms with van der Waals surface area (Å²) < 4.78 is 4.73. The molecule has 5 heteroatoms. The highest BCUT2D eigenvalue weighted by Gasteiger charge is 2.26. The number of carbonyl (C=O) groups is 1. The topological polar surface area (TPSA) is 58.6 Å². The fourth-order valence-electron chi connectivity index (χ4n) is 1.54. The van der Waals surface area contributed by atoms with Crippen molar-refractivity contribution in [3.8, 4) is 0 Å². The van der Waals surface area contributed by atoms with Gasteiger partial charge in [-0.05, 0) is 32.9 Å². The van der Waals surface area contributed by atoms with Crippen LogP contribution in [0, 0.1) is 0 Å². The lowest BCUT2D eigenvalue weighted by atomic mass is 10.1. The van der Waals surface area contributed by atoms with Crippen LogP contribution in [0.4, 0.5) is 0 Å². The summed E-state index contributed by atoms with van der Waals surface area (Å²) in [7, 11) is 3.02. The van der Waals surface area contributed by atoms with Gasteiger partial charge in [-0.25, -0.2) is 9.59 Å². The summed E-state index contributed by atoms with van der Waals surface area (Å²) in [6.45, 7) is 5.89. The predicted molar refractivity (Wildman–Crippen MR) is 68.0 cm³/mol. The smallest absolute Gasteiger partial charge is 0.341 e. The molecule has 1 rings (SSSR count). The van der Waals surface area contributed by atoms with E-state index in [1.165, 1.54) is 13.2 Å². The van der Waals surface area contributed by atoms with Gasteiger partial charge in [0.1, 0.15) is 17.1 Å². The summed E-state index contributed by atoms with van der Waals surface area (Å²) in [6.07, 6.45) is 3.09. The molecular formula is C13H18N2O3. The number of nitrogens with one attached hydrogen (secondary N) is 1. The van der Waals surface area contributed by atoms with Gasteiger partial charge in [0.05, 0.1) is 7.11 Å². The quantitative estimate of drug-likeness (QED) is 0.584. The van der Waals surface area contributed by atoms with E-state index in [4.69, 9.17) is 4.74 Å². The molecule has 0 spiro atoms. The first-order valence-corrected chi connectivity index (χ1v) is 5.58. The van der Waals surface area contributed by atoms with Crippen molar-refractivity contribution in [3.63, 3.8) is 0 Å². The number of hydrogen-bond acceptors (Lipinski definition) is 5. The average Bonchev–Trinajstić information content (AvgIpc) is 2.29. The first-order valence-electron chi connectivity index (χ1n) is 5.58. The standard InChI is InChI=1S/C13H18N2O3/c1-13(2,3)14-11-10(12(17)18-5)7-6-9(8-16)15(11)4/h6-7,14H,1-5H3. The van der Waals surface area contributed by atoms with Crippen LogP contribution in [0.2, 0.25) is 0 Å². The molecule has 0 aromatic carbocycles. The maximum Gasteiger partial charge on any atom is 0.341 e. The molecule has 0 atom stereocenters. The van der Waals surface area contributed by atoms with Gasteiger partial charge in [0.25, 0.3) is 0 Å². The number of carbonyl (C=O) groups excluding carboxylic acids is 2. The minimum absolute atomic E-state index is 0.248. The van der Waals surface area contributed by atoms with Crippen LogP contribution < -0.4 is 5.32 Å². The predicted octanol–water partition coefficient (Wildman–Crippen LogP) is 0.976. The second-order valence-electron chi connectivity index (χ2n) is 5.01. The highest BCUT2D eigenvalue weighted by molar-refractivity contribution is 5.93. The Bertz CT molecular complexity index is 463. The second-order valence-corrected chi connectivity index (χ2v) is 5.01. The third-order valence-corrected chi connectivity index (χ3v) is 2.36. The van der Waals surface area contributed by atoms with Gasteiger partial charge in [0, 0.05) is 12.6 Å². The highest BCUT2D eigenvalue weighted by atomic mass is 16.5. The maximum absolute atomic E-state index is 11.7. The zero-order valence-electron chi connectivity index (χ0n) is 11.3. The van der Waals surface area contributed by atoms with Gasteiger partial charge in [-0.15, -0.1) is 0 Å². The van der Waals surface area contributed by atoms with E-state index in [9.17, 15) is 9.59 Å². The Hall–Kier alpha value is -2.00. The minimum atomic E-state index is -0.449. The normalized spacial score (nSPS) is 15.6. The van der Waals surface area contributed by atoms with Crippen molar-refractivity contribution in [2.24, 2.45) is 0 Å². The van der Waals surface area contributed by atoms with Crippen molar-refractivity contribution in [2.75, 3.05) is 14.2 Å². The third kappa shape index (κ3) is 3.02. The average molecular weight is 250 g/mol. The highest BCUT2D eigenvalue weighted by Crippen LogP contribution is 2.22. The lowest BCUT2D eigenvalue weighted by molar-refractivity contribution is -0.135. The molecule has 1 aliphatic heterocycles. The number of likely N-dealkylation sites (N-methyl/N-ethyl adjacent to an activating group) is 1. The number of allylic oxidation sites excluding steroid dienone is 1. The zero-order valence-corrected chi connectivity index (χ0v) is 11.3. The molecular weight excluding hydrogens is 232 g/mol. The number of methoxy groups -OCH3 is 1. The first kappa shape index (κ1) is 14.1. The van der Waals surface area contributed by atoms with E-state index in [2.05, 4.69) is 5.32 Å². The Kier molecular flexibility index (Phi) is 3.99. The molecule has 0 saturated heterocycles. The summed E-state index contributed by atoms with van der Waals surface area (Å²) >= 11 is 0. The van der Waals surface area contributed by atoms with Gasteiger partial charge >= 0.3 is 5.97 Å². The molecule has 0 saturated carbocycles. The lowest BCUT2D eigenvalue weighted by Crippen LogP contribution is -2.43. The maximum atomic E-state index is 11.7. The molecule has 1 N–H and O–H groups in total. The summed E-state index contributed by atoms with van der Waals surface area (Å²) in [5, 5.41) is 3.19. The van der Waals surface area contributed by atoms with E-state index in [0.29, 0.717) is 17.1 Å². The molecule has 0 aromatic rings. The van der Waals surface area contributed by atoms with Crippen LogP contribution in [-0.2, 0) is 14.3 Å². The van der Waals surface area contributed by atoms with Gasteiger partial charge in [-0.1, -0.05) is 0 Å². The van der Waals surface area contributed by atoms with Crippen molar-refractivity contribution in [1.29, 1.82) is 0 Å². The Balaban J connectivity index is 3.27. The van der Waals surface area contributed by atoms with Crippen molar-refractivity contribution in [2.45, 2.75) is 26.3 Å². The number of ether oxygens (including phenoxy) is 1. The summed E-state index contributed by atoms with van der Waals surface area (Å²) in [6, 6.07) is 0. The van der Waals surface area contributed by atoms with E-state index in [-0.39, 0.29) is 5.54 Å². The van der Waals surface area contributed by atoms with Crippen LogP contribution in [0.25, 0.3) is 0 Å². The Morgan fingerprint density at radius 2 is 2.00 bits per heavy atom. The lowest BCUT2D eigenvalue weighted by Gasteiger charge is -2.33. The van der Waals surface area contributed by atoms with E-state index < -0.39 is 5.97 Å². The van der Waals surface area contributed by atoms with Gasteiger partial charge in [0.15, 0.2) is 5.94 Å². The van der Waals surface area contributed by atoms with E-state index in [1.54, 1.807) is 18.0 Å². The minimum Gasteiger partial charge on any atom is -0.465 e. The fourth-order valence-corrected chi connectivity index (χ4v) is 1.54. The van der Waals surface area contributed by atoms with Crippen LogP contribution in [0.3, 0.4) is 0 Å². The summed E-state index contributed by atoms with van der Waals surface area (Å²) in [5.41, 5.74) is 0.491. The van der Waals surface area contributed by atoms with Crippen LogP contribution >= 0.6 is 0 Å². The molecule has 18 heavy (non-hydrogen) atoms. The first-order chi connectivity index (χ1) is 8.30. The molecule has 0 aromatic heterocycles. The number of nitrogens with zero attached hydrogens (tertiary/aromatic N) is 1. The molecule has 98 valence electrons. The second kappa shape index (κ2) is 5.10. The van der Waals surface area contributed by atoms with Crippen molar-refractivity contribution < 1.29 is 14.3 Å². The Labute approximate surface area is 107 Å². The number of rotatable bonds is 2. The van der Waals surface area contributed by atoms with Gasteiger partial charge in [0.2, 0.25) is 0 Å². The number of hydrogen-bond donors (Lipinski definition) is 1. The fraction of sp³-hybridized carbons (Fsp3) is 0.462. The Morgan fingerprint density at radius 1 is 1.39 bits per heavy atom. The van der Waals surface area contributed by atoms with E-state index >= 15 is 0 Å². The van der Waals surface area contributed by atoms with Gasteiger partial charge in [-0.3, -0.25) is 0 Å². The molecule has 0 bridgehead atoms. The zero-order chi connectivity index (χ0) is 13.9. The molecule has 0 aliphatic carbocycles. The number of esters is 1. The largest absolute Gasteiger partial charge is 0.465 e. The van der Waals surface area contributed by atoms with Crippen LogP contribution in [0.15, 0.2) is 29.2 Å². The van der Waals surface area contributed by atoms with Crippen LogP contribution in [0.5, 0.6) is 0 Å². The third-order valence-electron chi connectivity index (χ3n) is 2.36. The van der Waals surface area contributed by atoms with Gasteiger partial charge < -0.3 is 15.0 Å². The molecule has 0 radical (unpaired) electrons. The Morgan fingerprint density at radius 3 is 2.44 bits per heavy atom. The molecule has 0 unspecified atom stereocenters. The molecule has 1 heterocycles. The monoisotopic (exact) mass is 250 g/mol.